The molecule has 4 aromatic rings. The van der Waals surface area contributed by atoms with Gasteiger partial charge in [-0.05, 0) is 61.4 Å². The van der Waals surface area contributed by atoms with Gasteiger partial charge in [0.05, 0.1) is 35.9 Å². The van der Waals surface area contributed by atoms with Gasteiger partial charge in [0.2, 0.25) is 0 Å². The summed E-state index contributed by atoms with van der Waals surface area (Å²) in [6.07, 6.45) is 0. The van der Waals surface area contributed by atoms with Gasteiger partial charge in [-0.1, -0.05) is 58.7 Å². The second-order valence-electron chi connectivity index (χ2n) is 6.86. The van der Waals surface area contributed by atoms with E-state index in [-0.39, 0.29) is 15.6 Å². The summed E-state index contributed by atoms with van der Waals surface area (Å²) in [5.74, 6) is 0. The Morgan fingerprint density at radius 3 is 2.23 bits per heavy atom. The van der Waals surface area contributed by atoms with Crippen molar-refractivity contribution in [3.05, 3.63) is 74.7 Å². The van der Waals surface area contributed by atoms with E-state index in [1.165, 1.54) is 30.0 Å². The fraction of sp³-hybridized carbons (Fsp3) is 0.0952. The predicted molar refractivity (Wildman–Crippen MR) is 132 cm³/mol. The molecule has 0 saturated carbocycles. The van der Waals surface area contributed by atoms with Gasteiger partial charge in [-0.25, -0.2) is 13.4 Å². The van der Waals surface area contributed by atoms with Crippen molar-refractivity contribution in [1.29, 1.82) is 0 Å². The van der Waals surface area contributed by atoms with Crippen molar-refractivity contribution >= 4 is 83.8 Å². The maximum absolute atomic E-state index is 12.8. The lowest BCUT2D eigenvalue weighted by atomic mass is 10.2. The third-order valence-corrected chi connectivity index (χ3v) is 9.27. The van der Waals surface area contributed by atoms with Gasteiger partial charge in [-0.3, -0.25) is 4.72 Å². The third kappa shape index (κ3) is 4.97. The van der Waals surface area contributed by atoms with Gasteiger partial charge in [0, 0.05) is 0 Å². The lowest BCUT2D eigenvalue weighted by Gasteiger charge is -2.12. The molecule has 3 aromatic carbocycles. The number of nitrogens with zero attached hydrogens (tertiary/aromatic N) is 1. The molecule has 0 fully saturated rings. The highest BCUT2D eigenvalue weighted by molar-refractivity contribution is 8.01. The quantitative estimate of drug-likeness (QED) is 0.286. The smallest absolute Gasteiger partial charge is 0.263 e. The molecule has 0 saturated heterocycles. The lowest BCUT2D eigenvalue weighted by molar-refractivity contribution is 0.601. The van der Waals surface area contributed by atoms with E-state index in [9.17, 15) is 8.42 Å². The molecule has 160 valence electrons. The largest absolute Gasteiger partial charge is 0.279 e. The summed E-state index contributed by atoms with van der Waals surface area (Å²) < 4.78 is 29.9. The molecule has 0 aliphatic rings. The highest BCUT2D eigenvalue weighted by Crippen LogP contribution is 2.43. The van der Waals surface area contributed by atoms with Crippen molar-refractivity contribution in [2.75, 3.05) is 4.72 Å². The zero-order valence-corrected chi connectivity index (χ0v) is 21.0. The van der Waals surface area contributed by atoms with E-state index >= 15 is 0 Å². The van der Waals surface area contributed by atoms with Gasteiger partial charge in [0.1, 0.15) is 4.90 Å². The van der Waals surface area contributed by atoms with Gasteiger partial charge in [0.25, 0.3) is 10.0 Å². The molecule has 0 atom stereocenters. The Labute approximate surface area is 203 Å². The molecule has 0 aliphatic heterocycles. The summed E-state index contributed by atoms with van der Waals surface area (Å²) in [5.41, 5.74) is 3.16. The van der Waals surface area contributed by atoms with Gasteiger partial charge in [0.15, 0.2) is 4.34 Å². The fourth-order valence-electron chi connectivity index (χ4n) is 2.90. The average molecular weight is 530 g/mol. The Hall–Kier alpha value is -1.48. The predicted octanol–water partition coefficient (Wildman–Crippen LogP) is 7.83. The molecule has 10 heteroatoms. The van der Waals surface area contributed by atoms with Crippen LogP contribution in [0, 0.1) is 13.8 Å². The Balaban J connectivity index is 1.62. The number of aryl methyl sites for hydroxylation is 2. The minimum atomic E-state index is -3.90. The van der Waals surface area contributed by atoms with Gasteiger partial charge < -0.3 is 0 Å². The molecule has 31 heavy (non-hydrogen) atoms. The Morgan fingerprint density at radius 1 is 0.903 bits per heavy atom. The van der Waals surface area contributed by atoms with Gasteiger partial charge in [-0.15, -0.1) is 11.3 Å². The number of rotatable bonds is 5. The first-order valence-electron chi connectivity index (χ1n) is 8.95. The SMILES string of the molecule is Cc1ccc(S(=O)(=O)Nc2cc(Cl)c(Sc3nc4cc(C)ccc4s3)c(Cl)c2)c(Cl)c1. The van der Waals surface area contributed by atoms with E-state index in [1.54, 1.807) is 23.5 Å². The maximum Gasteiger partial charge on any atom is 0.263 e. The molecule has 1 heterocycles. The van der Waals surface area contributed by atoms with Crippen LogP contribution in [0.4, 0.5) is 5.69 Å². The van der Waals surface area contributed by atoms with E-state index in [4.69, 9.17) is 34.8 Å². The number of nitrogens with one attached hydrogen (secondary N) is 1. The maximum atomic E-state index is 12.8. The topological polar surface area (TPSA) is 59.1 Å². The molecule has 0 aliphatic carbocycles. The summed E-state index contributed by atoms with van der Waals surface area (Å²) in [4.78, 5) is 5.22. The Bertz CT molecular complexity index is 1400. The summed E-state index contributed by atoms with van der Waals surface area (Å²) in [7, 11) is -3.90. The lowest BCUT2D eigenvalue weighted by Crippen LogP contribution is -2.13. The van der Waals surface area contributed by atoms with Crippen molar-refractivity contribution in [3.63, 3.8) is 0 Å². The summed E-state index contributed by atoms with van der Waals surface area (Å²) in [6.45, 7) is 3.85. The highest BCUT2D eigenvalue weighted by atomic mass is 35.5. The molecule has 0 bridgehead atoms. The zero-order valence-electron chi connectivity index (χ0n) is 16.2. The molecule has 0 spiro atoms. The molecule has 0 unspecified atom stereocenters. The van der Waals surface area contributed by atoms with E-state index in [2.05, 4.69) is 9.71 Å². The monoisotopic (exact) mass is 528 g/mol. The van der Waals surface area contributed by atoms with Crippen LogP contribution in [0.1, 0.15) is 11.1 Å². The first-order valence-corrected chi connectivity index (χ1v) is 13.2. The molecule has 1 N–H and O–H groups in total. The van der Waals surface area contributed by atoms with Crippen LogP contribution < -0.4 is 4.72 Å². The second-order valence-corrected chi connectivity index (χ2v) is 12.0. The molecule has 4 rings (SSSR count). The van der Waals surface area contributed by atoms with Gasteiger partial charge >= 0.3 is 0 Å². The van der Waals surface area contributed by atoms with Crippen LogP contribution in [0.5, 0.6) is 0 Å². The van der Waals surface area contributed by atoms with Crippen molar-refractivity contribution < 1.29 is 8.42 Å². The van der Waals surface area contributed by atoms with E-state index in [0.29, 0.717) is 14.9 Å². The molecular weight excluding hydrogens is 515 g/mol. The first kappa shape index (κ1) is 22.7. The van der Waals surface area contributed by atoms with Crippen molar-refractivity contribution in [1.82, 2.24) is 4.98 Å². The van der Waals surface area contributed by atoms with Crippen molar-refractivity contribution in [2.45, 2.75) is 28.0 Å². The minimum absolute atomic E-state index is 0.0183. The number of hydrogen-bond acceptors (Lipinski definition) is 5. The average Bonchev–Trinajstić information content (AvgIpc) is 3.05. The van der Waals surface area contributed by atoms with Crippen molar-refractivity contribution in [2.24, 2.45) is 0 Å². The number of fused-ring (bicyclic) bond motifs is 1. The highest BCUT2D eigenvalue weighted by Gasteiger charge is 2.20. The fourth-order valence-corrected chi connectivity index (χ4v) is 7.25. The number of hydrogen-bond donors (Lipinski definition) is 1. The van der Waals surface area contributed by atoms with E-state index in [1.807, 2.05) is 32.0 Å². The standard InChI is InChI=1S/C21H15Cl3N2O2S3/c1-11-4-6-19(14(22)7-11)31(27,28)26-13-9-15(23)20(16(24)10-13)30-21-25-17-8-12(2)3-5-18(17)29-21/h3-10,26H,1-2H3. The van der Waals surface area contributed by atoms with E-state index < -0.39 is 10.0 Å². The summed E-state index contributed by atoms with van der Waals surface area (Å²) in [6, 6.07) is 13.9. The molecule has 4 nitrogen and oxygen atoms in total. The van der Waals surface area contributed by atoms with Crippen LogP contribution in [0.3, 0.4) is 0 Å². The Morgan fingerprint density at radius 2 is 1.55 bits per heavy atom. The molecule has 0 radical (unpaired) electrons. The van der Waals surface area contributed by atoms with Crippen LogP contribution in [-0.4, -0.2) is 13.4 Å². The number of halogens is 3. The molecule has 1 aromatic heterocycles. The van der Waals surface area contributed by atoms with Crippen molar-refractivity contribution in [3.8, 4) is 0 Å². The van der Waals surface area contributed by atoms with Crippen LogP contribution in [0.25, 0.3) is 10.2 Å². The van der Waals surface area contributed by atoms with Crippen LogP contribution in [-0.2, 0) is 10.0 Å². The zero-order chi connectivity index (χ0) is 22.3. The second kappa shape index (κ2) is 8.81. The van der Waals surface area contributed by atoms with E-state index in [0.717, 1.165) is 25.7 Å². The number of thiazole rings is 1. The molecule has 0 amide bonds. The summed E-state index contributed by atoms with van der Waals surface area (Å²) in [5, 5.41) is 0.782. The third-order valence-electron chi connectivity index (χ3n) is 4.34. The summed E-state index contributed by atoms with van der Waals surface area (Å²) >= 11 is 21.9. The molecular formula is C21H15Cl3N2O2S3. The minimum Gasteiger partial charge on any atom is -0.279 e. The number of benzene rings is 3. The van der Waals surface area contributed by atoms with Crippen LogP contribution >= 0.6 is 57.9 Å². The van der Waals surface area contributed by atoms with Gasteiger partial charge in [-0.2, -0.15) is 0 Å². The van der Waals surface area contributed by atoms with Crippen LogP contribution in [0.15, 0.2) is 62.7 Å². The number of aromatic nitrogens is 1. The number of sulfonamides is 1. The Kier molecular flexibility index (Phi) is 6.45. The normalized spacial score (nSPS) is 11.8. The number of anilines is 1. The first-order chi connectivity index (χ1) is 14.6. The van der Waals surface area contributed by atoms with Crippen LogP contribution in [0.2, 0.25) is 15.1 Å².